The number of hydrogen-bond donors (Lipinski definition) is 2. The van der Waals surface area contributed by atoms with E-state index in [4.69, 9.17) is 4.74 Å². The maximum absolute atomic E-state index is 11.6. The summed E-state index contributed by atoms with van der Waals surface area (Å²) in [4.78, 5) is 15.5. The van der Waals surface area contributed by atoms with Gasteiger partial charge in [0.25, 0.3) is 0 Å². The highest BCUT2D eigenvalue weighted by molar-refractivity contribution is 5.71. The van der Waals surface area contributed by atoms with Crippen LogP contribution in [0.1, 0.15) is 13.8 Å². The second-order valence-corrected chi connectivity index (χ2v) is 9.13. The maximum Gasteiger partial charge on any atom is 0.308 e. The van der Waals surface area contributed by atoms with E-state index in [1.165, 1.54) is 0 Å². The lowest BCUT2D eigenvalue weighted by molar-refractivity contribution is -0.146. The molecule has 3 aromatic carbocycles. The Morgan fingerprint density at radius 3 is 1.46 bits per heavy atom. The molecule has 0 amide bonds. The SMILES string of the molecule is CC(C)C(=O)OCCN(C)c1ccc(N=Nc2ccc(N=Nc3ccc(N(CCO)CCO)cc3)cc2)cc1. The average molecular weight is 533 g/mol. The minimum absolute atomic E-state index is 0.0146. The van der Waals surface area contributed by atoms with Crippen LogP contribution in [-0.4, -0.2) is 62.7 Å². The van der Waals surface area contributed by atoms with Crippen molar-refractivity contribution in [3.05, 3.63) is 72.8 Å². The number of esters is 1. The number of carbonyl (C=O) groups excluding carboxylic acids is 1. The van der Waals surface area contributed by atoms with Gasteiger partial charge >= 0.3 is 5.97 Å². The van der Waals surface area contributed by atoms with Crippen LogP contribution in [0.4, 0.5) is 34.1 Å². The largest absolute Gasteiger partial charge is 0.464 e. The first-order valence-electron chi connectivity index (χ1n) is 12.9. The summed E-state index contributed by atoms with van der Waals surface area (Å²) in [5.74, 6) is -0.319. The van der Waals surface area contributed by atoms with Crippen LogP contribution in [0.2, 0.25) is 0 Å². The minimum atomic E-state index is -0.192. The summed E-state index contributed by atoms with van der Waals surface area (Å²) in [5.41, 5.74) is 4.69. The topological polar surface area (TPSA) is 123 Å². The highest BCUT2D eigenvalue weighted by Crippen LogP contribution is 2.25. The van der Waals surface area contributed by atoms with Crippen LogP contribution in [0, 0.1) is 5.92 Å². The molecule has 0 aromatic heterocycles. The normalized spacial score (nSPS) is 11.4. The van der Waals surface area contributed by atoms with Crippen LogP contribution in [0.15, 0.2) is 93.3 Å². The van der Waals surface area contributed by atoms with Crippen LogP contribution >= 0.6 is 0 Å². The summed E-state index contributed by atoms with van der Waals surface area (Å²) >= 11 is 0. The molecule has 0 saturated heterocycles. The lowest BCUT2D eigenvalue weighted by atomic mass is 10.2. The molecule has 10 heteroatoms. The number of benzene rings is 3. The number of aliphatic hydroxyl groups is 2. The van der Waals surface area contributed by atoms with Crippen molar-refractivity contribution in [2.75, 3.05) is 56.3 Å². The molecule has 206 valence electrons. The van der Waals surface area contributed by atoms with E-state index in [1.807, 2.05) is 103 Å². The Kier molecular flexibility index (Phi) is 11.5. The summed E-state index contributed by atoms with van der Waals surface area (Å²) in [6.07, 6.45) is 0. The number of rotatable bonds is 14. The first-order valence-corrected chi connectivity index (χ1v) is 12.9. The van der Waals surface area contributed by atoms with Crippen molar-refractivity contribution in [1.29, 1.82) is 0 Å². The summed E-state index contributed by atoms with van der Waals surface area (Å²) in [6.45, 7) is 5.50. The van der Waals surface area contributed by atoms with Crippen molar-refractivity contribution < 1.29 is 19.7 Å². The number of hydrogen-bond acceptors (Lipinski definition) is 10. The third-order valence-electron chi connectivity index (χ3n) is 5.80. The fourth-order valence-corrected chi connectivity index (χ4v) is 3.51. The molecule has 0 atom stereocenters. The van der Waals surface area contributed by atoms with Gasteiger partial charge in [-0.15, -0.1) is 0 Å². The molecule has 0 radical (unpaired) electrons. The van der Waals surface area contributed by atoms with E-state index in [9.17, 15) is 15.0 Å². The Morgan fingerprint density at radius 2 is 1.08 bits per heavy atom. The van der Waals surface area contributed by atoms with Crippen LogP contribution < -0.4 is 9.80 Å². The van der Waals surface area contributed by atoms with Gasteiger partial charge < -0.3 is 24.7 Å². The van der Waals surface area contributed by atoms with Gasteiger partial charge in [0, 0.05) is 31.5 Å². The predicted octanol–water partition coefficient (Wildman–Crippen LogP) is 5.94. The Balaban J connectivity index is 1.51. The molecule has 10 nitrogen and oxygen atoms in total. The number of azo groups is 2. The molecular weight excluding hydrogens is 496 g/mol. The van der Waals surface area contributed by atoms with Crippen LogP contribution in [0.3, 0.4) is 0 Å². The molecular formula is C29H36N6O4. The molecule has 0 spiro atoms. The van der Waals surface area contributed by atoms with Crippen molar-refractivity contribution in [2.45, 2.75) is 13.8 Å². The highest BCUT2D eigenvalue weighted by Gasteiger charge is 2.09. The molecule has 2 N–H and O–H groups in total. The zero-order chi connectivity index (χ0) is 28.0. The van der Waals surface area contributed by atoms with Gasteiger partial charge in [-0.2, -0.15) is 20.5 Å². The Hall–Kier alpha value is -4.15. The van der Waals surface area contributed by atoms with E-state index >= 15 is 0 Å². The maximum atomic E-state index is 11.6. The number of carbonyl (C=O) groups is 1. The standard InChI is InChI=1S/C29H36N6O4/c1-22(2)29(38)39-21-18-34(3)27-12-8-25(9-13-27)32-30-23-4-6-24(7-5-23)31-33-26-10-14-28(15-11-26)35(16-19-36)17-20-37/h4-15,22,36-37H,16-21H2,1-3H3. The monoisotopic (exact) mass is 532 g/mol. The van der Waals surface area contributed by atoms with E-state index in [0.29, 0.717) is 43.3 Å². The summed E-state index contributed by atoms with van der Waals surface area (Å²) in [5, 5.41) is 35.5. The summed E-state index contributed by atoms with van der Waals surface area (Å²) < 4.78 is 5.24. The van der Waals surface area contributed by atoms with E-state index in [1.54, 1.807) is 0 Å². The van der Waals surface area contributed by atoms with Gasteiger partial charge in [-0.25, -0.2) is 0 Å². The van der Waals surface area contributed by atoms with Gasteiger partial charge in [-0.3, -0.25) is 4.79 Å². The van der Waals surface area contributed by atoms with Gasteiger partial charge in [0.2, 0.25) is 0 Å². The van der Waals surface area contributed by atoms with Gasteiger partial charge in [-0.1, -0.05) is 13.8 Å². The molecule has 3 aromatic rings. The molecule has 0 aliphatic rings. The first kappa shape index (κ1) is 29.4. The molecule has 39 heavy (non-hydrogen) atoms. The first-order chi connectivity index (χ1) is 18.9. The molecule has 0 aliphatic carbocycles. The molecule has 0 unspecified atom stereocenters. The van der Waals surface area contributed by atoms with Crippen molar-refractivity contribution in [3.8, 4) is 0 Å². The van der Waals surface area contributed by atoms with Crippen molar-refractivity contribution in [2.24, 2.45) is 26.4 Å². The molecule has 0 bridgehead atoms. The van der Waals surface area contributed by atoms with Crippen LogP contribution in [0.5, 0.6) is 0 Å². The fourth-order valence-electron chi connectivity index (χ4n) is 3.51. The van der Waals surface area contributed by atoms with E-state index < -0.39 is 0 Å². The van der Waals surface area contributed by atoms with Gasteiger partial charge in [0.15, 0.2) is 0 Å². The lowest BCUT2D eigenvalue weighted by Gasteiger charge is -2.22. The second-order valence-electron chi connectivity index (χ2n) is 9.13. The summed E-state index contributed by atoms with van der Waals surface area (Å²) in [7, 11) is 1.94. The number of nitrogens with zero attached hydrogens (tertiary/aromatic N) is 6. The molecule has 3 rings (SSSR count). The van der Waals surface area contributed by atoms with Crippen molar-refractivity contribution >= 4 is 40.1 Å². The molecule has 0 saturated carbocycles. The van der Waals surface area contributed by atoms with Crippen LogP contribution in [-0.2, 0) is 9.53 Å². The highest BCUT2D eigenvalue weighted by atomic mass is 16.5. The zero-order valence-corrected chi connectivity index (χ0v) is 22.6. The number of likely N-dealkylation sites (N-methyl/N-ethyl adjacent to an activating group) is 1. The minimum Gasteiger partial charge on any atom is -0.464 e. The third-order valence-corrected chi connectivity index (χ3v) is 5.80. The van der Waals surface area contributed by atoms with E-state index in [2.05, 4.69) is 20.5 Å². The molecule has 0 fully saturated rings. The van der Waals surface area contributed by atoms with Crippen molar-refractivity contribution in [1.82, 2.24) is 0 Å². The molecule has 0 aliphatic heterocycles. The lowest BCUT2D eigenvalue weighted by Crippen LogP contribution is -2.29. The Bertz CT molecular complexity index is 1210. The number of aliphatic hydroxyl groups excluding tert-OH is 2. The predicted molar refractivity (Wildman–Crippen MR) is 153 cm³/mol. The quantitative estimate of drug-likeness (QED) is 0.196. The fraction of sp³-hybridized carbons (Fsp3) is 0.345. The number of anilines is 2. The van der Waals surface area contributed by atoms with Gasteiger partial charge in [-0.05, 0) is 72.8 Å². The third kappa shape index (κ3) is 9.59. The second kappa shape index (κ2) is 15.3. The smallest absolute Gasteiger partial charge is 0.308 e. The van der Waals surface area contributed by atoms with E-state index in [0.717, 1.165) is 17.1 Å². The number of ether oxygens (including phenoxy) is 1. The van der Waals surface area contributed by atoms with Crippen LogP contribution in [0.25, 0.3) is 0 Å². The molecule has 0 heterocycles. The zero-order valence-electron chi connectivity index (χ0n) is 22.6. The van der Waals surface area contributed by atoms with Gasteiger partial charge in [0.1, 0.15) is 6.61 Å². The average Bonchev–Trinajstić information content (AvgIpc) is 2.96. The van der Waals surface area contributed by atoms with Crippen molar-refractivity contribution in [3.63, 3.8) is 0 Å². The Labute approximate surface area is 229 Å². The Morgan fingerprint density at radius 1 is 0.692 bits per heavy atom. The van der Waals surface area contributed by atoms with Gasteiger partial charge in [0.05, 0.1) is 48.4 Å². The van der Waals surface area contributed by atoms with E-state index in [-0.39, 0.29) is 25.1 Å². The summed E-state index contributed by atoms with van der Waals surface area (Å²) in [6, 6.07) is 22.4.